The van der Waals surface area contributed by atoms with Gasteiger partial charge in [0.05, 0.1) is 5.92 Å². The van der Waals surface area contributed by atoms with Gasteiger partial charge in [-0.3, -0.25) is 14.4 Å². The Morgan fingerprint density at radius 2 is 2.17 bits per heavy atom. The van der Waals surface area contributed by atoms with Crippen molar-refractivity contribution < 1.29 is 14.4 Å². The van der Waals surface area contributed by atoms with E-state index in [1.54, 1.807) is 0 Å². The SMILES string of the molecule is CCc1ccc2c(c1)C(CCNC(=O)C1CCNC(=O)C1)C(=O)N2. The summed E-state index contributed by atoms with van der Waals surface area (Å²) in [5, 5.41) is 8.51. The third kappa shape index (κ3) is 3.42. The van der Waals surface area contributed by atoms with Crippen molar-refractivity contribution in [1.82, 2.24) is 10.6 Å². The van der Waals surface area contributed by atoms with Crippen molar-refractivity contribution in [3.05, 3.63) is 29.3 Å². The Hall–Kier alpha value is -2.37. The summed E-state index contributed by atoms with van der Waals surface area (Å²) < 4.78 is 0. The van der Waals surface area contributed by atoms with E-state index in [1.165, 1.54) is 5.56 Å². The molecule has 2 aliphatic rings. The van der Waals surface area contributed by atoms with Gasteiger partial charge in [0.2, 0.25) is 17.7 Å². The first kappa shape index (κ1) is 16.5. The van der Waals surface area contributed by atoms with Gasteiger partial charge in [0.15, 0.2) is 0 Å². The first-order valence-electron chi connectivity index (χ1n) is 8.56. The van der Waals surface area contributed by atoms with Gasteiger partial charge in [-0.25, -0.2) is 0 Å². The van der Waals surface area contributed by atoms with E-state index in [1.807, 2.05) is 12.1 Å². The molecule has 3 amide bonds. The maximum Gasteiger partial charge on any atom is 0.232 e. The summed E-state index contributed by atoms with van der Waals surface area (Å²) in [6.07, 6.45) is 2.41. The first-order chi connectivity index (χ1) is 11.6. The standard InChI is InChI=1S/C18H23N3O3/c1-2-11-3-4-15-14(9-11)13(18(24)21-15)6-8-20-17(23)12-5-7-19-16(22)10-12/h3-4,9,12-13H,2,5-8,10H2,1H3,(H,19,22)(H,20,23)(H,21,24). The van der Waals surface area contributed by atoms with Gasteiger partial charge in [-0.1, -0.05) is 19.1 Å². The average Bonchev–Trinajstić information content (AvgIpc) is 2.89. The number of aryl methyl sites for hydroxylation is 1. The molecule has 3 rings (SSSR count). The Labute approximate surface area is 141 Å². The van der Waals surface area contributed by atoms with E-state index in [0.29, 0.717) is 25.9 Å². The molecule has 2 aliphatic heterocycles. The minimum absolute atomic E-state index is 0.00968. The third-order valence-electron chi connectivity index (χ3n) is 4.82. The molecule has 24 heavy (non-hydrogen) atoms. The van der Waals surface area contributed by atoms with Gasteiger partial charge in [-0.05, 0) is 36.5 Å². The van der Waals surface area contributed by atoms with Crippen LogP contribution in [0, 0.1) is 5.92 Å². The number of benzene rings is 1. The summed E-state index contributed by atoms with van der Waals surface area (Å²) in [5.74, 6) is -0.649. The lowest BCUT2D eigenvalue weighted by molar-refractivity contribution is -0.132. The number of carbonyl (C=O) groups excluding carboxylic acids is 3. The van der Waals surface area contributed by atoms with Crippen molar-refractivity contribution in [3.8, 4) is 0 Å². The fourth-order valence-electron chi connectivity index (χ4n) is 3.37. The van der Waals surface area contributed by atoms with E-state index < -0.39 is 0 Å². The molecule has 0 aromatic heterocycles. The number of piperidine rings is 1. The lowest BCUT2D eigenvalue weighted by atomic mass is 9.94. The first-order valence-corrected chi connectivity index (χ1v) is 8.56. The number of carbonyl (C=O) groups is 3. The summed E-state index contributed by atoms with van der Waals surface area (Å²) in [6.45, 7) is 3.07. The molecule has 128 valence electrons. The predicted molar refractivity (Wildman–Crippen MR) is 90.6 cm³/mol. The molecule has 1 saturated heterocycles. The number of amides is 3. The molecule has 6 heteroatoms. The highest BCUT2D eigenvalue weighted by molar-refractivity contribution is 6.03. The lowest BCUT2D eigenvalue weighted by Gasteiger charge is -2.21. The smallest absolute Gasteiger partial charge is 0.232 e. The van der Waals surface area contributed by atoms with Crippen LogP contribution in [0.15, 0.2) is 18.2 Å². The number of rotatable bonds is 5. The summed E-state index contributed by atoms with van der Waals surface area (Å²) >= 11 is 0. The molecule has 2 atom stereocenters. The molecule has 0 bridgehead atoms. The van der Waals surface area contributed by atoms with E-state index in [9.17, 15) is 14.4 Å². The Bertz CT molecular complexity index is 671. The molecule has 6 nitrogen and oxygen atoms in total. The Morgan fingerprint density at radius 3 is 2.92 bits per heavy atom. The van der Waals surface area contributed by atoms with Gasteiger partial charge in [0.25, 0.3) is 0 Å². The predicted octanol–water partition coefficient (Wildman–Crippen LogP) is 1.32. The van der Waals surface area contributed by atoms with E-state index in [-0.39, 0.29) is 36.0 Å². The van der Waals surface area contributed by atoms with E-state index in [4.69, 9.17) is 0 Å². The van der Waals surface area contributed by atoms with Gasteiger partial charge in [0.1, 0.15) is 0 Å². The van der Waals surface area contributed by atoms with E-state index in [0.717, 1.165) is 17.7 Å². The zero-order chi connectivity index (χ0) is 17.1. The van der Waals surface area contributed by atoms with Gasteiger partial charge >= 0.3 is 0 Å². The summed E-state index contributed by atoms with van der Waals surface area (Å²) in [5.41, 5.74) is 3.09. The second-order valence-electron chi connectivity index (χ2n) is 6.44. The third-order valence-corrected chi connectivity index (χ3v) is 4.82. The van der Waals surface area contributed by atoms with Crippen LogP contribution in [0.25, 0.3) is 0 Å². The zero-order valence-corrected chi connectivity index (χ0v) is 13.9. The maximum absolute atomic E-state index is 12.2. The molecule has 2 unspecified atom stereocenters. The van der Waals surface area contributed by atoms with Crippen LogP contribution >= 0.6 is 0 Å². The molecule has 0 radical (unpaired) electrons. The van der Waals surface area contributed by atoms with Gasteiger partial charge in [0, 0.05) is 31.1 Å². The molecule has 0 spiro atoms. The van der Waals surface area contributed by atoms with E-state index >= 15 is 0 Å². The zero-order valence-electron chi connectivity index (χ0n) is 13.9. The molecule has 3 N–H and O–H groups in total. The van der Waals surface area contributed by atoms with Crippen LogP contribution in [-0.4, -0.2) is 30.8 Å². The second-order valence-corrected chi connectivity index (χ2v) is 6.44. The topological polar surface area (TPSA) is 87.3 Å². The summed E-state index contributed by atoms with van der Waals surface area (Å²) in [4.78, 5) is 35.7. The fraction of sp³-hybridized carbons (Fsp3) is 0.500. The monoisotopic (exact) mass is 329 g/mol. The van der Waals surface area contributed by atoms with Crippen molar-refractivity contribution in [2.75, 3.05) is 18.4 Å². The Kier molecular flexibility index (Phi) is 4.83. The average molecular weight is 329 g/mol. The van der Waals surface area contributed by atoms with Crippen molar-refractivity contribution in [2.24, 2.45) is 5.92 Å². The van der Waals surface area contributed by atoms with Crippen molar-refractivity contribution in [1.29, 1.82) is 0 Å². The number of hydrogen-bond donors (Lipinski definition) is 3. The second kappa shape index (κ2) is 7.03. The van der Waals surface area contributed by atoms with Crippen molar-refractivity contribution >= 4 is 23.4 Å². The molecule has 2 heterocycles. The summed E-state index contributed by atoms with van der Waals surface area (Å²) in [6, 6.07) is 6.05. The normalized spacial score (nSPS) is 22.5. The number of nitrogens with one attached hydrogen (secondary N) is 3. The maximum atomic E-state index is 12.2. The highest BCUT2D eigenvalue weighted by Crippen LogP contribution is 2.35. The van der Waals surface area contributed by atoms with Crippen LogP contribution in [-0.2, 0) is 20.8 Å². The molecule has 1 fully saturated rings. The molecular weight excluding hydrogens is 306 g/mol. The minimum Gasteiger partial charge on any atom is -0.356 e. The molecule has 1 aromatic rings. The van der Waals surface area contributed by atoms with Crippen LogP contribution in [0.3, 0.4) is 0 Å². The Balaban J connectivity index is 1.56. The Morgan fingerprint density at radius 1 is 1.33 bits per heavy atom. The van der Waals surface area contributed by atoms with Crippen LogP contribution < -0.4 is 16.0 Å². The largest absolute Gasteiger partial charge is 0.356 e. The summed E-state index contributed by atoms with van der Waals surface area (Å²) in [7, 11) is 0. The van der Waals surface area contributed by atoms with Crippen LogP contribution in [0.5, 0.6) is 0 Å². The quantitative estimate of drug-likeness (QED) is 0.761. The molecule has 0 aliphatic carbocycles. The van der Waals surface area contributed by atoms with E-state index in [2.05, 4.69) is 28.9 Å². The molecule has 0 saturated carbocycles. The fourth-order valence-corrected chi connectivity index (χ4v) is 3.37. The lowest BCUT2D eigenvalue weighted by Crippen LogP contribution is -2.41. The van der Waals surface area contributed by atoms with Gasteiger partial charge in [-0.15, -0.1) is 0 Å². The molecule has 1 aromatic carbocycles. The number of anilines is 1. The highest BCUT2D eigenvalue weighted by atomic mass is 16.2. The van der Waals surface area contributed by atoms with Crippen molar-refractivity contribution in [2.45, 2.75) is 38.5 Å². The van der Waals surface area contributed by atoms with Gasteiger partial charge in [-0.2, -0.15) is 0 Å². The highest BCUT2D eigenvalue weighted by Gasteiger charge is 2.31. The van der Waals surface area contributed by atoms with Gasteiger partial charge < -0.3 is 16.0 Å². The van der Waals surface area contributed by atoms with Crippen LogP contribution in [0.1, 0.15) is 43.2 Å². The number of hydrogen-bond acceptors (Lipinski definition) is 3. The molecular formula is C18H23N3O3. The van der Waals surface area contributed by atoms with Crippen LogP contribution in [0.4, 0.5) is 5.69 Å². The minimum atomic E-state index is -0.255. The van der Waals surface area contributed by atoms with Crippen LogP contribution in [0.2, 0.25) is 0 Å². The number of fused-ring (bicyclic) bond motifs is 1. The van der Waals surface area contributed by atoms with Crippen molar-refractivity contribution in [3.63, 3.8) is 0 Å².